The van der Waals surface area contributed by atoms with Crippen LogP contribution in [0.1, 0.15) is 33.9 Å². The smallest absolute Gasteiger partial charge is 0.459 e. The van der Waals surface area contributed by atoms with Crippen molar-refractivity contribution < 1.29 is 38.1 Å². The molecule has 3 aromatic rings. The van der Waals surface area contributed by atoms with Gasteiger partial charge in [0.25, 0.3) is 0 Å². The number of ether oxygens (including phenoxy) is 2. The molecular formula is C26H32BrN4O9P. The number of hydrogen-bond donors (Lipinski definition) is 4. The fourth-order valence-electron chi connectivity index (χ4n) is 4.29. The molecule has 1 aromatic heterocycles. The first kappa shape index (κ1) is 31.1. The van der Waals surface area contributed by atoms with Crippen LogP contribution in [0.2, 0.25) is 0 Å². The Bertz CT molecular complexity index is 1530. The summed E-state index contributed by atoms with van der Waals surface area (Å²) in [6, 6.07) is 11.3. The van der Waals surface area contributed by atoms with Gasteiger partial charge in [-0.15, -0.1) is 0 Å². The third-order valence-corrected chi connectivity index (χ3v) is 8.62. The number of aromatic nitrogens is 2. The zero-order valence-electron chi connectivity index (χ0n) is 22.8. The SMILES string of the molecule is CC(C)OC(=O)[C@@H](C)N[P@@](=O)(OC[C@H]1O[C@@H](n2cc(Br)c(N)nc2=O)[C@](C)(O)[C@@H]1O)Oc1cccc2ccccc12. The Morgan fingerprint density at radius 1 is 1.27 bits per heavy atom. The highest BCUT2D eigenvalue weighted by molar-refractivity contribution is 9.10. The number of carbonyl (C=O) groups excluding carboxylic acids is 1. The Kier molecular flexibility index (Phi) is 9.24. The van der Waals surface area contributed by atoms with E-state index in [0.717, 1.165) is 9.95 Å². The van der Waals surface area contributed by atoms with E-state index in [2.05, 4.69) is 26.0 Å². The van der Waals surface area contributed by atoms with Crippen molar-refractivity contribution >= 4 is 46.2 Å². The van der Waals surface area contributed by atoms with Gasteiger partial charge in [-0.2, -0.15) is 10.1 Å². The van der Waals surface area contributed by atoms with Crippen molar-refractivity contribution in [2.75, 3.05) is 12.3 Å². The number of anilines is 1. The van der Waals surface area contributed by atoms with Crippen LogP contribution in [0.15, 0.2) is 57.9 Å². The number of carbonyl (C=O) groups is 1. The van der Waals surface area contributed by atoms with Gasteiger partial charge in [0.05, 0.1) is 17.2 Å². The first-order chi connectivity index (χ1) is 19.2. The van der Waals surface area contributed by atoms with Crippen LogP contribution in [0.5, 0.6) is 5.75 Å². The number of halogens is 1. The van der Waals surface area contributed by atoms with E-state index in [9.17, 15) is 24.4 Å². The van der Waals surface area contributed by atoms with Gasteiger partial charge in [0, 0.05) is 11.6 Å². The number of nitrogens with two attached hydrogens (primary N) is 1. The maximum Gasteiger partial charge on any atom is 0.459 e. The van der Waals surface area contributed by atoms with Gasteiger partial charge in [-0.3, -0.25) is 13.9 Å². The second kappa shape index (κ2) is 12.2. The van der Waals surface area contributed by atoms with E-state index in [1.54, 1.807) is 38.1 Å². The Hall–Kier alpha value is -2.84. The zero-order chi connectivity index (χ0) is 30.1. The zero-order valence-corrected chi connectivity index (χ0v) is 25.2. The maximum absolute atomic E-state index is 14.1. The first-order valence-electron chi connectivity index (χ1n) is 12.7. The lowest BCUT2D eigenvalue weighted by Gasteiger charge is -2.27. The summed E-state index contributed by atoms with van der Waals surface area (Å²) < 4.78 is 37.9. The minimum Gasteiger partial charge on any atom is -0.462 e. The molecule has 13 nitrogen and oxygen atoms in total. The molecule has 0 radical (unpaired) electrons. The lowest BCUT2D eigenvalue weighted by molar-refractivity contribution is -0.149. The molecule has 41 heavy (non-hydrogen) atoms. The van der Waals surface area contributed by atoms with Crippen LogP contribution in [0.4, 0.5) is 5.82 Å². The number of aliphatic hydroxyl groups is 2. The number of hydrogen-bond acceptors (Lipinski definition) is 11. The van der Waals surface area contributed by atoms with Crippen molar-refractivity contribution in [3.63, 3.8) is 0 Å². The fraction of sp³-hybridized carbons (Fsp3) is 0.423. The van der Waals surface area contributed by atoms with Crippen molar-refractivity contribution in [3.8, 4) is 5.75 Å². The Morgan fingerprint density at radius 2 is 1.95 bits per heavy atom. The van der Waals surface area contributed by atoms with E-state index >= 15 is 0 Å². The monoisotopic (exact) mass is 654 g/mol. The molecule has 1 aliphatic rings. The summed E-state index contributed by atoms with van der Waals surface area (Å²) >= 11 is 3.18. The Morgan fingerprint density at radius 3 is 2.66 bits per heavy atom. The van der Waals surface area contributed by atoms with Crippen LogP contribution in [-0.2, 0) is 23.4 Å². The van der Waals surface area contributed by atoms with Crippen molar-refractivity contribution in [2.45, 2.75) is 63.9 Å². The summed E-state index contributed by atoms with van der Waals surface area (Å²) in [7, 11) is -4.36. The molecule has 5 N–H and O–H groups in total. The quantitative estimate of drug-likeness (QED) is 0.185. The van der Waals surface area contributed by atoms with Crippen molar-refractivity contribution in [1.82, 2.24) is 14.6 Å². The fourth-order valence-corrected chi connectivity index (χ4v) is 6.12. The van der Waals surface area contributed by atoms with Gasteiger partial charge in [0.15, 0.2) is 6.23 Å². The third kappa shape index (κ3) is 6.81. The molecule has 0 unspecified atom stereocenters. The molecule has 0 spiro atoms. The van der Waals surface area contributed by atoms with Gasteiger partial charge in [0.2, 0.25) is 0 Å². The number of aliphatic hydroxyl groups excluding tert-OH is 1. The van der Waals surface area contributed by atoms with Crippen LogP contribution < -0.4 is 21.0 Å². The summed E-state index contributed by atoms with van der Waals surface area (Å²) in [6.07, 6.45) is -3.40. The second-order valence-corrected chi connectivity index (χ2v) is 12.6. The van der Waals surface area contributed by atoms with Crippen LogP contribution >= 0.6 is 23.7 Å². The molecule has 0 saturated carbocycles. The molecule has 6 atom stereocenters. The molecule has 15 heteroatoms. The average Bonchev–Trinajstić information content (AvgIpc) is 3.13. The lowest BCUT2D eigenvalue weighted by Crippen LogP contribution is -2.46. The molecule has 1 fully saturated rings. The van der Waals surface area contributed by atoms with E-state index < -0.39 is 62.2 Å². The number of esters is 1. The highest BCUT2D eigenvalue weighted by atomic mass is 79.9. The molecule has 0 bridgehead atoms. The van der Waals surface area contributed by atoms with Crippen LogP contribution in [0.3, 0.4) is 0 Å². The van der Waals surface area contributed by atoms with Crippen LogP contribution in [0, 0.1) is 0 Å². The predicted octanol–water partition coefficient (Wildman–Crippen LogP) is 2.88. The molecular weight excluding hydrogens is 623 g/mol. The number of benzene rings is 2. The average molecular weight is 655 g/mol. The van der Waals surface area contributed by atoms with Crippen LogP contribution in [-0.4, -0.2) is 62.3 Å². The molecule has 2 aromatic carbocycles. The van der Waals surface area contributed by atoms with E-state index in [1.165, 1.54) is 20.0 Å². The maximum atomic E-state index is 14.1. The largest absolute Gasteiger partial charge is 0.462 e. The summed E-state index contributed by atoms with van der Waals surface area (Å²) in [5.74, 6) is -0.538. The predicted molar refractivity (Wildman–Crippen MR) is 153 cm³/mol. The highest BCUT2D eigenvalue weighted by Gasteiger charge is 2.54. The van der Waals surface area contributed by atoms with Gasteiger partial charge in [-0.25, -0.2) is 9.36 Å². The van der Waals surface area contributed by atoms with E-state index in [-0.39, 0.29) is 16.0 Å². The summed E-state index contributed by atoms with van der Waals surface area (Å²) in [5.41, 5.74) is 2.85. The highest BCUT2D eigenvalue weighted by Crippen LogP contribution is 2.48. The number of rotatable bonds is 10. The van der Waals surface area contributed by atoms with Crippen molar-refractivity contribution in [2.24, 2.45) is 0 Å². The molecule has 2 heterocycles. The number of nitrogens with one attached hydrogen (secondary N) is 1. The normalized spacial score (nSPS) is 24.7. The standard InChI is InChI=1S/C26H32BrN4O9P/c1-14(2)38-23(33)15(3)30-41(36,40-19-11-7-9-16-8-5-6-10-17(16)19)37-13-20-21(32)26(4,35)24(39-20)31-12-18(27)22(28)29-25(31)34/h5-12,14-15,20-21,24,32,35H,13H2,1-4H3,(H,30,36)(H2,28,29,34)/t15-,20-,21-,24-,26-,41-/m1/s1. The van der Waals surface area contributed by atoms with Gasteiger partial charge in [0.1, 0.15) is 35.4 Å². The second-order valence-electron chi connectivity index (χ2n) is 10.1. The third-order valence-electron chi connectivity index (χ3n) is 6.38. The van der Waals surface area contributed by atoms with Gasteiger partial charge in [-0.05, 0) is 55.1 Å². The summed E-state index contributed by atoms with van der Waals surface area (Å²) in [5, 5.41) is 26.0. The van der Waals surface area contributed by atoms with Crippen molar-refractivity contribution in [1.29, 1.82) is 0 Å². The van der Waals surface area contributed by atoms with E-state index in [4.69, 9.17) is 24.3 Å². The molecule has 1 aliphatic heterocycles. The first-order valence-corrected chi connectivity index (χ1v) is 15.1. The molecule has 1 saturated heterocycles. The molecule has 222 valence electrons. The minimum absolute atomic E-state index is 0.0629. The molecule has 0 aliphatic carbocycles. The van der Waals surface area contributed by atoms with Gasteiger partial charge >= 0.3 is 19.4 Å². The van der Waals surface area contributed by atoms with Gasteiger partial charge < -0.3 is 29.9 Å². The molecule has 0 amide bonds. The Labute approximate surface area is 244 Å². The Balaban J connectivity index is 1.60. The van der Waals surface area contributed by atoms with Crippen molar-refractivity contribution in [3.05, 3.63) is 63.6 Å². The number of fused-ring (bicyclic) bond motifs is 1. The van der Waals surface area contributed by atoms with Crippen LogP contribution in [0.25, 0.3) is 10.8 Å². The minimum atomic E-state index is -4.36. The number of nitrogen functional groups attached to an aromatic ring is 1. The summed E-state index contributed by atoms with van der Waals surface area (Å²) in [6.45, 7) is 5.50. The lowest BCUT2D eigenvalue weighted by atomic mass is 9.96. The van der Waals surface area contributed by atoms with Gasteiger partial charge in [-0.1, -0.05) is 36.4 Å². The number of nitrogens with zero attached hydrogens (tertiary/aromatic N) is 2. The topological polar surface area (TPSA) is 184 Å². The van der Waals surface area contributed by atoms with E-state index in [0.29, 0.717) is 5.39 Å². The van der Waals surface area contributed by atoms with E-state index in [1.807, 2.05) is 18.2 Å². The molecule has 4 rings (SSSR count). The summed E-state index contributed by atoms with van der Waals surface area (Å²) in [4.78, 5) is 28.7.